The van der Waals surface area contributed by atoms with Crippen LogP contribution in [0.5, 0.6) is 0 Å². The number of rotatable bonds is 5. The Balaban J connectivity index is 1.56. The highest BCUT2D eigenvalue weighted by Crippen LogP contribution is 2.22. The summed E-state index contributed by atoms with van der Waals surface area (Å²) in [6, 6.07) is 10.7. The minimum atomic E-state index is -0.101. The van der Waals surface area contributed by atoms with E-state index in [0.29, 0.717) is 12.6 Å². The number of aromatic nitrogens is 2. The van der Waals surface area contributed by atoms with Gasteiger partial charge in [0.2, 0.25) is 0 Å². The fourth-order valence-corrected chi connectivity index (χ4v) is 3.40. The molecule has 3 rings (SSSR count). The Morgan fingerprint density at radius 3 is 2.76 bits per heavy atom. The molecule has 0 radical (unpaired) electrons. The molecule has 0 bridgehead atoms. The number of aryl methyl sites for hydroxylation is 1. The maximum atomic E-state index is 12.2. The molecule has 1 heterocycles. The molecule has 1 aliphatic carbocycles. The average Bonchev–Trinajstić information content (AvgIpc) is 3.22. The summed E-state index contributed by atoms with van der Waals surface area (Å²) in [4.78, 5) is 14.5. The normalized spacial score (nSPS) is 20.0. The molecule has 134 valence electrons. The molecule has 1 saturated carbocycles. The van der Waals surface area contributed by atoms with Crippen LogP contribution in [-0.2, 0) is 6.54 Å². The molecule has 6 heteroatoms. The quantitative estimate of drug-likeness (QED) is 0.878. The van der Waals surface area contributed by atoms with Crippen LogP contribution in [0.15, 0.2) is 36.5 Å². The molecule has 0 aliphatic heterocycles. The molecule has 2 unspecified atom stereocenters. The number of para-hydroxylation sites is 1. The van der Waals surface area contributed by atoms with Crippen molar-refractivity contribution >= 4 is 6.03 Å². The number of carbonyl (C=O) groups is 1. The fraction of sp³-hybridized carbons (Fsp3) is 0.474. The zero-order chi connectivity index (χ0) is 17.8. The number of nitrogens with one attached hydrogen (secondary N) is 2. The Morgan fingerprint density at radius 1 is 1.28 bits per heavy atom. The number of amides is 2. The van der Waals surface area contributed by atoms with Gasteiger partial charge in [-0.25, -0.2) is 9.48 Å². The first-order valence-corrected chi connectivity index (χ1v) is 8.84. The van der Waals surface area contributed by atoms with Crippen molar-refractivity contribution in [2.45, 2.75) is 44.8 Å². The molecule has 2 aromatic rings. The van der Waals surface area contributed by atoms with E-state index in [-0.39, 0.29) is 12.1 Å². The van der Waals surface area contributed by atoms with Gasteiger partial charge in [-0.15, -0.1) is 0 Å². The predicted molar refractivity (Wildman–Crippen MR) is 98.8 cm³/mol. The Hall–Kier alpha value is -2.34. The molecular formula is C19H27N5O. The molecule has 2 amide bonds. The summed E-state index contributed by atoms with van der Waals surface area (Å²) in [7, 11) is 4.20. The predicted octanol–water partition coefficient (Wildman–Crippen LogP) is 2.46. The molecule has 25 heavy (non-hydrogen) atoms. The first-order chi connectivity index (χ1) is 12.0. The minimum Gasteiger partial charge on any atom is -0.335 e. The summed E-state index contributed by atoms with van der Waals surface area (Å²) in [6.07, 6.45) is 5.14. The highest BCUT2D eigenvalue weighted by Gasteiger charge is 2.26. The number of hydrogen-bond acceptors (Lipinski definition) is 3. The van der Waals surface area contributed by atoms with E-state index in [4.69, 9.17) is 0 Å². The SMILES string of the molecule is Cc1ccn(-c2ccccc2CNC(=O)NC2CCC(N(C)C)C2)n1. The second kappa shape index (κ2) is 7.70. The van der Waals surface area contributed by atoms with E-state index in [1.165, 1.54) is 0 Å². The van der Waals surface area contributed by atoms with Gasteiger partial charge in [0.05, 0.1) is 11.4 Å². The van der Waals surface area contributed by atoms with Gasteiger partial charge in [0.25, 0.3) is 0 Å². The summed E-state index contributed by atoms with van der Waals surface area (Å²) in [6.45, 7) is 2.44. The molecule has 2 N–H and O–H groups in total. The first-order valence-electron chi connectivity index (χ1n) is 8.84. The van der Waals surface area contributed by atoms with Crippen LogP contribution in [0.3, 0.4) is 0 Å². The van der Waals surface area contributed by atoms with E-state index >= 15 is 0 Å². The molecule has 6 nitrogen and oxygen atoms in total. The van der Waals surface area contributed by atoms with E-state index in [1.807, 2.05) is 48.1 Å². The summed E-state index contributed by atoms with van der Waals surface area (Å²) < 4.78 is 1.85. The van der Waals surface area contributed by atoms with Crippen molar-refractivity contribution in [2.75, 3.05) is 14.1 Å². The standard InChI is InChI=1S/C19H27N5O/c1-14-10-11-24(22-14)18-7-5-4-6-15(18)13-20-19(25)21-16-8-9-17(12-16)23(2)3/h4-7,10-11,16-17H,8-9,12-13H2,1-3H3,(H2,20,21,25). The van der Waals surface area contributed by atoms with Gasteiger partial charge in [-0.2, -0.15) is 5.10 Å². The lowest BCUT2D eigenvalue weighted by Gasteiger charge is -2.19. The van der Waals surface area contributed by atoms with Gasteiger partial charge < -0.3 is 15.5 Å². The van der Waals surface area contributed by atoms with Gasteiger partial charge >= 0.3 is 6.03 Å². The summed E-state index contributed by atoms with van der Waals surface area (Å²) >= 11 is 0. The molecule has 1 fully saturated rings. The Morgan fingerprint density at radius 2 is 2.08 bits per heavy atom. The van der Waals surface area contributed by atoms with Crippen molar-refractivity contribution in [2.24, 2.45) is 0 Å². The first kappa shape index (κ1) is 17.5. The number of carbonyl (C=O) groups excluding carboxylic acids is 1. The molecule has 1 aromatic carbocycles. The number of nitrogens with zero attached hydrogens (tertiary/aromatic N) is 3. The van der Waals surface area contributed by atoms with Crippen molar-refractivity contribution in [3.05, 3.63) is 47.8 Å². The van der Waals surface area contributed by atoms with Crippen molar-refractivity contribution in [1.82, 2.24) is 25.3 Å². The number of benzene rings is 1. The molecule has 0 spiro atoms. The molecule has 0 saturated heterocycles. The lowest BCUT2D eigenvalue weighted by molar-refractivity contribution is 0.235. The van der Waals surface area contributed by atoms with Crippen LogP contribution in [-0.4, -0.2) is 46.9 Å². The van der Waals surface area contributed by atoms with Gasteiger partial charge in [-0.1, -0.05) is 18.2 Å². The molecule has 1 aromatic heterocycles. The van der Waals surface area contributed by atoms with E-state index in [0.717, 1.165) is 36.2 Å². The fourth-order valence-electron chi connectivity index (χ4n) is 3.40. The molecule has 1 aliphatic rings. The largest absolute Gasteiger partial charge is 0.335 e. The van der Waals surface area contributed by atoms with Gasteiger partial charge in [0, 0.05) is 24.8 Å². The topological polar surface area (TPSA) is 62.2 Å². The Labute approximate surface area is 149 Å². The zero-order valence-corrected chi connectivity index (χ0v) is 15.2. The average molecular weight is 341 g/mol. The molecule has 2 atom stereocenters. The number of hydrogen-bond donors (Lipinski definition) is 2. The summed E-state index contributed by atoms with van der Waals surface area (Å²) in [5, 5.41) is 10.5. The van der Waals surface area contributed by atoms with Crippen LogP contribution < -0.4 is 10.6 Å². The maximum absolute atomic E-state index is 12.2. The van der Waals surface area contributed by atoms with Crippen LogP contribution in [0.1, 0.15) is 30.5 Å². The van der Waals surface area contributed by atoms with Crippen molar-refractivity contribution in [1.29, 1.82) is 0 Å². The van der Waals surface area contributed by atoms with E-state index in [2.05, 4.69) is 34.7 Å². The second-order valence-electron chi connectivity index (χ2n) is 6.98. The third-order valence-electron chi connectivity index (χ3n) is 4.87. The summed E-state index contributed by atoms with van der Waals surface area (Å²) in [5.74, 6) is 0. The van der Waals surface area contributed by atoms with E-state index in [9.17, 15) is 4.79 Å². The van der Waals surface area contributed by atoms with E-state index in [1.54, 1.807) is 0 Å². The van der Waals surface area contributed by atoms with Gasteiger partial charge in [-0.3, -0.25) is 0 Å². The Kier molecular flexibility index (Phi) is 5.38. The minimum absolute atomic E-state index is 0.101. The van der Waals surface area contributed by atoms with Crippen LogP contribution in [0, 0.1) is 6.92 Å². The maximum Gasteiger partial charge on any atom is 0.315 e. The zero-order valence-electron chi connectivity index (χ0n) is 15.2. The van der Waals surface area contributed by atoms with Gasteiger partial charge in [0.15, 0.2) is 0 Å². The molecular weight excluding hydrogens is 314 g/mol. The van der Waals surface area contributed by atoms with Crippen LogP contribution >= 0.6 is 0 Å². The van der Waals surface area contributed by atoms with Crippen LogP contribution in [0.4, 0.5) is 4.79 Å². The van der Waals surface area contributed by atoms with Crippen molar-refractivity contribution in [3.8, 4) is 5.69 Å². The van der Waals surface area contributed by atoms with E-state index < -0.39 is 0 Å². The summed E-state index contributed by atoms with van der Waals surface area (Å²) in [5.41, 5.74) is 3.00. The highest BCUT2D eigenvalue weighted by molar-refractivity contribution is 5.74. The van der Waals surface area contributed by atoms with Crippen LogP contribution in [0.2, 0.25) is 0 Å². The third-order valence-corrected chi connectivity index (χ3v) is 4.87. The Bertz CT molecular complexity index is 724. The lowest BCUT2D eigenvalue weighted by Crippen LogP contribution is -2.41. The third kappa shape index (κ3) is 4.39. The van der Waals surface area contributed by atoms with Gasteiger partial charge in [-0.05, 0) is 58.0 Å². The lowest BCUT2D eigenvalue weighted by atomic mass is 10.2. The van der Waals surface area contributed by atoms with Crippen molar-refractivity contribution in [3.63, 3.8) is 0 Å². The second-order valence-corrected chi connectivity index (χ2v) is 6.98. The smallest absolute Gasteiger partial charge is 0.315 e. The van der Waals surface area contributed by atoms with Crippen LogP contribution in [0.25, 0.3) is 5.69 Å². The van der Waals surface area contributed by atoms with Crippen molar-refractivity contribution < 1.29 is 4.79 Å². The monoisotopic (exact) mass is 341 g/mol. The number of urea groups is 1. The van der Waals surface area contributed by atoms with Gasteiger partial charge in [0.1, 0.15) is 0 Å². The highest BCUT2D eigenvalue weighted by atomic mass is 16.2.